The number of nitrogens with one attached hydrogen (secondary N) is 2. The van der Waals surface area contributed by atoms with E-state index in [0.717, 1.165) is 10.6 Å². The molecule has 3 rings (SSSR count). The number of hydrogen-bond acceptors (Lipinski definition) is 4. The molecule has 30 heavy (non-hydrogen) atoms. The van der Waals surface area contributed by atoms with Gasteiger partial charge in [-0.15, -0.1) is 0 Å². The van der Waals surface area contributed by atoms with Crippen molar-refractivity contribution in [2.24, 2.45) is 0 Å². The average molecular weight is 415 g/mol. The van der Waals surface area contributed by atoms with Gasteiger partial charge in [0.1, 0.15) is 11.6 Å². The van der Waals surface area contributed by atoms with Crippen molar-refractivity contribution in [3.8, 4) is 5.75 Å². The molecule has 1 saturated heterocycles. The number of piperazine rings is 1. The summed E-state index contributed by atoms with van der Waals surface area (Å²) in [6.45, 7) is 2.67. The maximum atomic E-state index is 13.9. The van der Waals surface area contributed by atoms with Gasteiger partial charge in [0.25, 0.3) is 11.8 Å². The Morgan fingerprint density at radius 3 is 2.33 bits per heavy atom. The van der Waals surface area contributed by atoms with Gasteiger partial charge >= 0.3 is 0 Å². The third-order valence-corrected chi connectivity index (χ3v) is 5.11. The largest absolute Gasteiger partial charge is 0.497 e. The molecular formula is C22H28FN4O3+. The number of quaternary nitrogens is 1. The molecule has 1 aliphatic rings. The number of amides is 2. The van der Waals surface area contributed by atoms with E-state index in [1.54, 1.807) is 48.4 Å². The molecule has 0 radical (unpaired) electrons. The summed E-state index contributed by atoms with van der Waals surface area (Å²) in [6, 6.07) is 13.8. The number of para-hydroxylation sites is 1. The highest BCUT2D eigenvalue weighted by atomic mass is 19.1. The van der Waals surface area contributed by atoms with Crippen LogP contribution in [0.25, 0.3) is 0 Å². The van der Waals surface area contributed by atoms with Crippen molar-refractivity contribution in [3.05, 3.63) is 54.3 Å². The van der Waals surface area contributed by atoms with Crippen molar-refractivity contribution in [2.75, 3.05) is 63.6 Å². The third kappa shape index (κ3) is 5.70. The number of methoxy groups -OCH3 is 1. The van der Waals surface area contributed by atoms with Crippen molar-refractivity contribution < 1.29 is 23.6 Å². The monoisotopic (exact) mass is 415 g/mol. The highest BCUT2D eigenvalue weighted by Crippen LogP contribution is 2.20. The van der Waals surface area contributed by atoms with Crippen LogP contribution in [0.1, 0.15) is 0 Å². The lowest BCUT2D eigenvalue weighted by Gasteiger charge is -2.36. The third-order valence-electron chi connectivity index (χ3n) is 5.11. The first-order valence-electron chi connectivity index (χ1n) is 9.98. The molecule has 1 fully saturated rings. The van der Waals surface area contributed by atoms with E-state index in [0.29, 0.717) is 37.6 Å². The Kier molecular flexibility index (Phi) is 7.24. The Balaban J connectivity index is 1.43. The maximum Gasteiger partial charge on any atom is 0.279 e. The highest BCUT2D eigenvalue weighted by Gasteiger charge is 2.25. The number of carbonyl (C=O) groups excluding carboxylic acids is 2. The predicted octanol–water partition coefficient (Wildman–Crippen LogP) is 0.636. The Bertz CT molecular complexity index is 867. The van der Waals surface area contributed by atoms with Crippen molar-refractivity contribution in [1.29, 1.82) is 0 Å². The zero-order valence-corrected chi connectivity index (χ0v) is 17.4. The fourth-order valence-electron chi connectivity index (χ4n) is 3.49. The lowest BCUT2D eigenvalue weighted by Crippen LogP contribution is -3.11. The Labute approximate surface area is 176 Å². The zero-order valence-electron chi connectivity index (χ0n) is 17.4. The Morgan fingerprint density at radius 2 is 1.70 bits per heavy atom. The first-order chi connectivity index (χ1) is 14.5. The summed E-state index contributed by atoms with van der Waals surface area (Å²) in [5.74, 6) is 0.313. The van der Waals surface area contributed by atoms with Gasteiger partial charge in [-0.25, -0.2) is 4.39 Å². The van der Waals surface area contributed by atoms with E-state index in [1.165, 1.54) is 6.07 Å². The van der Waals surface area contributed by atoms with Crippen LogP contribution in [0.5, 0.6) is 5.75 Å². The van der Waals surface area contributed by atoms with Gasteiger partial charge in [-0.05, 0) is 36.4 Å². The molecule has 0 spiro atoms. The maximum absolute atomic E-state index is 13.9. The van der Waals surface area contributed by atoms with Crippen molar-refractivity contribution in [3.63, 3.8) is 0 Å². The van der Waals surface area contributed by atoms with Crippen LogP contribution in [-0.4, -0.2) is 70.1 Å². The highest BCUT2D eigenvalue weighted by molar-refractivity contribution is 5.91. The van der Waals surface area contributed by atoms with Gasteiger partial charge in [0.05, 0.1) is 19.8 Å². The molecule has 0 bridgehead atoms. The standard InChI is InChI=1S/C22H27FN4O3/c1-25(15-21(28)24-17-7-9-18(30-2)10-8-17)16-22(29)27-13-11-26(12-14-27)20-6-4-3-5-19(20)23/h3-10H,11-16H2,1-2H3,(H,24,28)/p+1. The van der Waals surface area contributed by atoms with Gasteiger partial charge in [-0.2, -0.15) is 0 Å². The number of benzene rings is 2. The molecule has 1 atom stereocenters. The number of halogens is 1. The number of rotatable bonds is 7. The van der Waals surface area contributed by atoms with Crippen molar-refractivity contribution in [1.82, 2.24) is 4.90 Å². The molecule has 2 amide bonds. The van der Waals surface area contributed by atoms with E-state index in [-0.39, 0.29) is 30.7 Å². The number of likely N-dealkylation sites (N-methyl/N-ethyl adjacent to an activating group) is 1. The van der Waals surface area contributed by atoms with Gasteiger partial charge < -0.3 is 24.8 Å². The first-order valence-corrected chi connectivity index (χ1v) is 9.98. The summed E-state index contributed by atoms with van der Waals surface area (Å²) in [6.07, 6.45) is 0. The number of nitrogens with zero attached hydrogens (tertiary/aromatic N) is 2. The van der Waals surface area contributed by atoms with Crippen LogP contribution in [0.4, 0.5) is 15.8 Å². The summed E-state index contributed by atoms with van der Waals surface area (Å²) >= 11 is 0. The zero-order chi connectivity index (χ0) is 21.5. The van der Waals surface area contributed by atoms with Crippen LogP contribution in [0, 0.1) is 5.82 Å². The van der Waals surface area contributed by atoms with Crippen molar-refractivity contribution in [2.45, 2.75) is 0 Å². The minimum Gasteiger partial charge on any atom is -0.497 e. The van der Waals surface area contributed by atoms with Gasteiger partial charge in [0.15, 0.2) is 13.1 Å². The van der Waals surface area contributed by atoms with E-state index in [2.05, 4.69) is 5.32 Å². The average Bonchev–Trinajstić information content (AvgIpc) is 2.74. The Morgan fingerprint density at radius 1 is 1.03 bits per heavy atom. The van der Waals surface area contributed by atoms with Crippen LogP contribution >= 0.6 is 0 Å². The van der Waals surface area contributed by atoms with Crippen LogP contribution < -0.4 is 19.9 Å². The van der Waals surface area contributed by atoms with E-state index in [9.17, 15) is 14.0 Å². The minimum atomic E-state index is -0.246. The lowest BCUT2D eigenvalue weighted by molar-refractivity contribution is -0.862. The lowest BCUT2D eigenvalue weighted by atomic mass is 10.2. The van der Waals surface area contributed by atoms with Crippen LogP contribution in [0.2, 0.25) is 0 Å². The molecule has 1 unspecified atom stereocenters. The SMILES string of the molecule is COc1ccc(NC(=O)C[NH+](C)CC(=O)N2CCN(c3ccccc3F)CC2)cc1. The van der Waals surface area contributed by atoms with Crippen LogP contribution in [0.15, 0.2) is 48.5 Å². The summed E-state index contributed by atoms with van der Waals surface area (Å²) < 4.78 is 19.0. The van der Waals surface area contributed by atoms with Crippen LogP contribution in [0.3, 0.4) is 0 Å². The topological polar surface area (TPSA) is 66.3 Å². The smallest absolute Gasteiger partial charge is 0.279 e. The molecule has 7 nitrogen and oxygen atoms in total. The summed E-state index contributed by atoms with van der Waals surface area (Å²) in [5, 5.41) is 2.82. The Hall–Kier alpha value is -3.13. The van der Waals surface area contributed by atoms with Gasteiger partial charge in [0.2, 0.25) is 0 Å². The molecule has 0 aromatic heterocycles. The quantitative estimate of drug-likeness (QED) is 0.697. The molecule has 2 N–H and O–H groups in total. The summed E-state index contributed by atoms with van der Waals surface area (Å²) in [7, 11) is 3.41. The molecular weight excluding hydrogens is 387 g/mol. The molecule has 1 heterocycles. The first kappa shape index (κ1) is 21.6. The fourth-order valence-corrected chi connectivity index (χ4v) is 3.49. The molecule has 2 aromatic carbocycles. The predicted molar refractivity (Wildman–Crippen MR) is 113 cm³/mol. The van der Waals surface area contributed by atoms with E-state index < -0.39 is 0 Å². The second kappa shape index (κ2) is 10.1. The number of ether oxygens (including phenoxy) is 1. The van der Waals surface area contributed by atoms with E-state index in [1.807, 2.05) is 18.0 Å². The summed E-state index contributed by atoms with van der Waals surface area (Å²) in [4.78, 5) is 29.4. The van der Waals surface area contributed by atoms with Crippen LogP contribution in [-0.2, 0) is 9.59 Å². The van der Waals surface area contributed by atoms with Gasteiger partial charge in [-0.3, -0.25) is 9.59 Å². The second-order valence-electron chi connectivity index (χ2n) is 7.41. The van der Waals surface area contributed by atoms with E-state index in [4.69, 9.17) is 4.74 Å². The molecule has 2 aromatic rings. The second-order valence-corrected chi connectivity index (χ2v) is 7.41. The van der Waals surface area contributed by atoms with Crippen molar-refractivity contribution >= 4 is 23.2 Å². The van der Waals surface area contributed by atoms with Gasteiger partial charge in [-0.1, -0.05) is 12.1 Å². The summed E-state index contributed by atoms with van der Waals surface area (Å²) in [5.41, 5.74) is 1.26. The molecule has 8 heteroatoms. The minimum absolute atomic E-state index is 0.00192. The number of anilines is 2. The molecule has 0 aliphatic carbocycles. The number of carbonyl (C=O) groups is 2. The molecule has 160 valence electrons. The normalized spacial score (nSPS) is 14.9. The molecule has 0 saturated carbocycles. The van der Waals surface area contributed by atoms with E-state index >= 15 is 0 Å². The fraction of sp³-hybridized carbons (Fsp3) is 0.364. The van der Waals surface area contributed by atoms with Gasteiger partial charge in [0, 0.05) is 31.9 Å². The number of hydrogen-bond donors (Lipinski definition) is 2. The molecule has 1 aliphatic heterocycles.